The van der Waals surface area contributed by atoms with E-state index < -0.39 is 5.56 Å². The van der Waals surface area contributed by atoms with Gasteiger partial charge in [-0.3, -0.25) is 4.79 Å². The van der Waals surface area contributed by atoms with Crippen LogP contribution in [0.5, 0.6) is 5.75 Å². The molecule has 4 aromatic rings. The van der Waals surface area contributed by atoms with Gasteiger partial charge >= 0.3 is 0 Å². The standard InChI is InChI=1S/C18H12ClN3O3/c1-9-5-7-10(8-6-9)16-21-18(25-22-16)13-15(23)11-3-2-4-12(19)14(11)20-17(13)24/h2-8H,1H3,(H2,20,23,24). The van der Waals surface area contributed by atoms with Gasteiger partial charge in [-0.25, -0.2) is 0 Å². The molecule has 0 aliphatic rings. The van der Waals surface area contributed by atoms with Crippen LogP contribution in [0.25, 0.3) is 33.7 Å². The molecule has 2 aromatic heterocycles. The Bertz CT molecular complexity index is 1150. The van der Waals surface area contributed by atoms with Gasteiger partial charge in [-0.1, -0.05) is 52.7 Å². The molecule has 7 heteroatoms. The number of H-pyrrole nitrogens is 1. The molecule has 0 bridgehead atoms. The van der Waals surface area contributed by atoms with Crippen LogP contribution in [0.1, 0.15) is 5.56 Å². The number of hydrogen-bond acceptors (Lipinski definition) is 5. The first-order valence-corrected chi connectivity index (χ1v) is 7.87. The first kappa shape index (κ1) is 15.4. The summed E-state index contributed by atoms with van der Waals surface area (Å²) in [7, 11) is 0. The lowest BCUT2D eigenvalue weighted by molar-refractivity contribution is 0.426. The molecule has 0 saturated carbocycles. The molecule has 0 radical (unpaired) electrons. The predicted octanol–water partition coefficient (Wildman–Crippen LogP) is 3.91. The number of aromatic hydroxyl groups is 1. The van der Waals surface area contributed by atoms with Gasteiger partial charge in [0.1, 0.15) is 11.3 Å². The average Bonchev–Trinajstić information content (AvgIpc) is 3.06. The fourth-order valence-electron chi connectivity index (χ4n) is 2.61. The zero-order valence-corrected chi connectivity index (χ0v) is 13.8. The van der Waals surface area contributed by atoms with Gasteiger partial charge < -0.3 is 14.6 Å². The number of aromatic amines is 1. The molecule has 0 spiro atoms. The number of para-hydroxylation sites is 1. The molecule has 2 N–H and O–H groups in total. The number of nitrogens with one attached hydrogen (secondary N) is 1. The van der Waals surface area contributed by atoms with Crippen molar-refractivity contribution in [3.8, 4) is 28.6 Å². The van der Waals surface area contributed by atoms with Crippen LogP contribution in [0.3, 0.4) is 0 Å². The second-order valence-corrected chi connectivity index (χ2v) is 6.04. The normalized spacial score (nSPS) is 11.1. The maximum Gasteiger partial charge on any atom is 0.267 e. The second-order valence-electron chi connectivity index (χ2n) is 5.63. The maximum absolute atomic E-state index is 12.4. The van der Waals surface area contributed by atoms with E-state index in [1.807, 2.05) is 31.2 Å². The van der Waals surface area contributed by atoms with Crippen molar-refractivity contribution in [2.75, 3.05) is 0 Å². The molecule has 2 heterocycles. The molecule has 0 amide bonds. The number of pyridine rings is 1. The largest absolute Gasteiger partial charge is 0.506 e. The number of halogens is 1. The average molecular weight is 354 g/mol. The smallest absolute Gasteiger partial charge is 0.267 e. The summed E-state index contributed by atoms with van der Waals surface area (Å²) in [5.41, 5.74) is 1.57. The third-order valence-electron chi connectivity index (χ3n) is 3.92. The van der Waals surface area contributed by atoms with Crippen molar-refractivity contribution >= 4 is 22.5 Å². The predicted molar refractivity (Wildman–Crippen MR) is 94.7 cm³/mol. The molecule has 0 aliphatic heterocycles. The SMILES string of the molecule is Cc1ccc(-c2noc(-c3c(O)c4cccc(Cl)c4[nH]c3=O)n2)cc1. The topological polar surface area (TPSA) is 92.0 Å². The molecule has 6 nitrogen and oxygen atoms in total. The van der Waals surface area contributed by atoms with Crippen LogP contribution in [0.2, 0.25) is 5.02 Å². The fourth-order valence-corrected chi connectivity index (χ4v) is 2.83. The third-order valence-corrected chi connectivity index (χ3v) is 4.24. The van der Waals surface area contributed by atoms with Crippen LogP contribution in [-0.4, -0.2) is 20.2 Å². The first-order chi connectivity index (χ1) is 12.0. The highest BCUT2D eigenvalue weighted by Crippen LogP contribution is 2.34. The molecular formula is C18H12ClN3O3. The number of aryl methyl sites for hydroxylation is 1. The van der Waals surface area contributed by atoms with E-state index in [1.54, 1.807) is 18.2 Å². The molecule has 0 unspecified atom stereocenters. The van der Waals surface area contributed by atoms with Crippen molar-refractivity contribution in [3.63, 3.8) is 0 Å². The van der Waals surface area contributed by atoms with Crippen molar-refractivity contribution in [1.29, 1.82) is 0 Å². The van der Waals surface area contributed by atoms with Gasteiger partial charge in [0, 0.05) is 10.9 Å². The summed E-state index contributed by atoms with van der Waals surface area (Å²) in [6.07, 6.45) is 0. The molecule has 0 fully saturated rings. The highest BCUT2D eigenvalue weighted by atomic mass is 35.5. The van der Waals surface area contributed by atoms with Crippen LogP contribution >= 0.6 is 11.6 Å². The van der Waals surface area contributed by atoms with Crippen LogP contribution in [-0.2, 0) is 0 Å². The summed E-state index contributed by atoms with van der Waals surface area (Å²) in [6, 6.07) is 12.5. The zero-order chi connectivity index (χ0) is 17.6. The summed E-state index contributed by atoms with van der Waals surface area (Å²) in [5.74, 6) is 0.0246. The van der Waals surface area contributed by atoms with E-state index >= 15 is 0 Å². The van der Waals surface area contributed by atoms with Crippen molar-refractivity contribution in [1.82, 2.24) is 15.1 Å². The van der Waals surface area contributed by atoms with Gasteiger partial charge in [-0.05, 0) is 19.1 Å². The zero-order valence-electron chi connectivity index (χ0n) is 13.1. The molecule has 2 aromatic carbocycles. The quantitative estimate of drug-likeness (QED) is 0.570. The van der Waals surface area contributed by atoms with E-state index in [9.17, 15) is 9.90 Å². The summed E-state index contributed by atoms with van der Waals surface area (Å²) in [4.78, 5) is 19.3. The molecule has 0 saturated heterocycles. The Balaban J connectivity index is 1.88. The number of rotatable bonds is 2. The lowest BCUT2D eigenvalue weighted by atomic mass is 10.1. The van der Waals surface area contributed by atoms with E-state index in [1.165, 1.54) is 0 Å². The summed E-state index contributed by atoms with van der Waals surface area (Å²) < 4.78 is 5.20. The van der Waals surface area contributed by atoms with Crippen LogP contribution in [0.15, 0.2) is 51.8 Å². The van der Waals surface area contributed by atoms with E-state index in [0.717, 1.165) is 11.1 Å². The lowest BCUT2D eigenvalue weighted by Crippen LogP contribution is -2.09. The van der Waals surface area contributed by atoms with E-state index in [-0.39, 0.29) is 17.2 Å². The van der Waals surface area contributed by atoms with Crippen molar-refractivity contribution in [2.45, 2.75) is 6.92 Å². The summed E-state index contributed by atoms with van der Waals surface area (Å²) in [6.45, 7) is 1.98. The van der Waals surface area contributed by atoms with Crippen LogP contribution < -0.4 is 5.56 Å². The van der Waals surface area contributed by atoms with Crippen molar-refractivity contribution in [3.05, 3.63) is 63.4 Å². The summed E-state index contributed by atoms with van der Waals surface area (Å²) >= 11 is 6.06. The minimum atomic E-state index is -0.558. The number of nitrogens with zero attached hydrogens (tertiary/aromatic N) is 2. The van der Waals surface area contributed by atoms with Gasteiger partial charge in [0.2, 0.25) is 5.82 Å². The Kier molecular flexibility index (Phi) is 3.54. The molecular weight excluding hydrogens is 342 g/mol. The van der Waals surface area contributed by atoms with Gasteiger partial charge in [0.15, 0.2) is 0 Å². The monoisotopic (exact) mass is 353 g/mol. The number of aromatic nitrogens is 3. The molecule has 4 rings (SSSR count). The van der Waals surface area contributed by atoms with Gasteiger partial charge in [0.05, 0.1) is 10.5 Å². The van der Waals surface area contributed by atoms with E-state index in [0.29, 0.717) is 21.7 Å². The van der Waals surface area contributed by atoms with E-state index in [2.05, 4.69) is 15.1 Å². The molecule has 25 heavy (non-hydrogen) atoms. The van der Waals surface area contributed by atoms with Crippen LogP contribution in [0, 0.1) is 6.92 Å². The second kappa shape index (κ2) is 5.75. The first-order valence-electron chi connectivity index (χ1n) is 7.49. The Morgan fingerprint density at radius 1 is 1.16 bits per heavy atom. The molecule has 124 valence electrons. The number of fused-ring (bicyclic) bond motifs is 1. The highest BCUT2D eigenvalue weighted by molar-refractivity contribution is 6.35. The lowest BCUT2D eigenvalue weighted by Gasteiger charge is -2.05. The Morgan fingerprint density at radius 3 is 2.68 bits per heavy atom. The highest BCUT2D eigenvalue weighted by Gasteiger charge is 2.21. The molecule has 0 aliphatic carbocycles. The fraction of sp³-hybridized carbons (Fsp3) is 0.0556. The maximum atomic E-state index is 12.4. The van der Waals surface area contributed by atoms with Crippen LogP contribution in [0.4, 0.5) is 0 Å². The van der Waals surface area contributed by atoms with Crippen molar-refractivity contribution in [2.24, 2.45) is 0 Å². The Hall–Kier alpha value is -3.12. The van der Waals surface area contributed by atoms with Gasteiger partial charge in [-0.15, -0.1) is 0 Å². The number of benzene rings is 2. The van der Waals surface area contributed by atoms with Crippen molar-refractivity contribution < 1.29 is 9.63 Å². The summed E-state index contributed by atoms with van der Waals surface area (Å²) in [5, 5.41) is 15.1. The minimum Gasteiger partial charge on any atom is -0.506 e. The third kappa shape index (κ3) is 2.56. The number of hydrogen-bond donors (Lipinski definition) is 2. The van der Waals surface area contributed by atoms with Gasteiger partial charge in [-0.2, -0.15) is 4.98 Å². The van der Waals surface area contributed by atoms with Gasteiger partial charge in [0.25, 0.3) is 11.4 Å². The Morgan fingerprint density at radius 2 is 1.92 bits per heavy atom. The minimum absolute atomic E-state index is 0.0591. The van der Waals surface area contributed by atoms with E-state index in [4.69, 9.17) is 16.1 Å². The Labute approximate surface area is 146 Å². The molecule has 0 atom stereocenters.